The zero-order chi connectivity index (χ0) is 25.2. The quantitative estimate of drug-likeness (QED) is 0.235. The van der Waals surface area contributed by atoms with E-state index in [1.54, 1.807) is 15.9 Å². The number of nitrogens with one attached hydrogen (secondary N) is 1. The monoisotopic (exact) mass is 564 g/mol. The van der Waals surface area contributed by atoms with Crippen molar-refractivity contribution in [1.82, 2.24) is 3.26 Å². The summed E-state index contributed by atoms with van der Waals surface area (Å²) in [6, 6.07) is 23.8. The molecule has 0 saturated heterocycles. The molecule has 0 fully saturated rings. The minimum absolute atomic E-state index is 0.536. The summed E-state index contributed by atoms with van der Waals surface area (Å²) in [6.45, 7) is 14.3. The molecule has 3 heteroatoms. The Balaban J connectivity index is 2.28. The Morgan fingerprint density at radius 2 is 1.23 bits per heavy atom. The molecule has 1 N–H and O–H groups in total. The standard InChI is InChI=1S/C17H29.C12H11Si.C3H8N.Zr/c1-5-9-14-13-15(10-6-2)17(12-8-4)16(14)11-7-3;1-3-7-11(8-4-1)13-12-9-5-2-6-10-12;1-3(2)4;/h14H,5-12H2,1-4H3;1-10,13H;3-4H,1-2H3;/q;;-1;+1. The topological polar surface area (TPSA) is 12.0 Å². The second-order valence-corrected chi connectivity index (χ2v) is 24.4. The van der Waals surface area contributed by atoms with Crippen LogP contribution in [0.5, 0.6) is 0 Å². The first-order chi connectivity index (χ1) is 17.1. The fourth-order valence-electron chi connectivity index (χ4n) is 6.04. The van der Waals surface area contributed by atoms with E-state index in [-0.39, 0.29) is 0 Å². The van der Waals surface area contributed by atoms with Crippen molar-refractivity contribution in [3.63, 3.8) is 0 Å². The Labute approximate surface area is 225 Å². The first-order valence-electron chi connectivity index (χ1n) is 14.3. The molecule has 2 aromatic carbocycles. The van der Waals surface area contributed by atoms with Gasteiger partial charge in [-0.3, -0.25) is 0 Å². The molecule has 35 heavy (non-hydrogen) atoms. The fraction of sp³-hybridized carbons (Fsp3) is 0.500. The predicted molar refractivity (Wildman–Crippen MR) is 155 cm³/mol. The third-order valence-electron chi connectivity index (χ3n) is 7.23. The summed E-state index contributed by atoms with van der Waals surface area (Å²) >= 11 is -2.29. The van der Waals surface area contributed by atoms with Gasteiger partial charge in [-0.25, -0.2) is 0 Å². The summed E-state index contributed by atoms with van der Waals surface area (Å²) in [5, 5.41) is 3.28. The third kappa shape index (κ3) is 7.06. The minimum atomic E-state index is -2.29. The van der Waals surface area contributed by atoms with Crippen LogP contribution >= 0.6 is 0 Å². The second kappa shape index (κ2) is 14.7. The molecule has 1 unspecified atom stereocenters. The molecule has 189 valence electrons. The van der Waals surface area contributed by atoms with Crippen LogP contribution in [0.15, 0.2) is 80.7 Å². The number of benzene rings is 2. The molecule has 0 bridgehead atoms. The summed E-state index contributed by atoms with van der Waals surface area (Å²) in [4.78, 5) is 0. The van der Waals surface area contributed by atoms with Crippen molar-refractivity contribution >= 4 is 16.3 Å². The van der Waals surface area contributed by atoms with Crippen LogP contribution in [0.2, 0.25) is 0 Å². The molecule has 0 saturated carbocycles. The van der Waals surface area contributed by atoms with Crippen molar-refractivity contribution in [1.29, 1.82) is 0 Å². The van der Waals surface area contributed by atoms with Crippen LogP contribution in [-0.4, -0.2) is 12.0 Å². The van der Waals surface area contributed by atoms with Crippen LogP contribution in [0.25, 0.3) is 0 Å². The molecule has 1 atom stereocenters. The molecular formula is C32H48NSiZr. The summed E-state index contributed by atoms with van der Waals surface area (Å²) in [5.41, 5.74) is 5.46. The van der Waals surface area contributed by atoms with E-state index in [0.717, 1.165) is 0 Å². The summed E-state index contributed by atoms with van der Waals surface area (Å²) < 4.78 is 6.37. The van der Waals surface area contributed by atoms with E-state index in [0.29, 0.717) is 12.0 Å². The second-order valence-electron chi connectivity index (χ2n) is 10.5. The van der Waals surface area contributed by atoms with Gasteiger partial charge in [0.25, 0.3) is 0 Å². The van der Waals surface area contributed by atoms with Gasteiger partial charge in [0.05, 0.1) is 0 Å². The zero-order valence-electron chi connectivity index (χ0n) is 23.2. The van der Waals surface area contributed by atoms with E-state index in [1.807, 2.05) is 14.4 Å². The first-order valence-corrected chi connectivity index (χ1v) is 22.7. The van der Waals surface area contributed by atoms with Gasteiger partial charge < -0.3 is 0 Å². The van der Waals surface area contributed by atoms with E-state index >= 15 is 0 Å². The number of hydrogen-bond acceptors (Lipinski definition) is 1. The summed E-state index contributed by atoms with van der Waals surface area (Å²) in [5.74, 6) is -0.695. The molecule has 0 aliphatic heterocycles. The van der Waals surface area contributed by atoms with Gasteiger partial charge in [-0.15, -0.1) is 0 Å². The van der Waals surface area contributed by atoms with Gasteiger partial charge in [0.1, 0.15) is 0 Å². The molecule has 2 aromatic rings. The van der Waals surface area contributed by atoms with Crippen molar-refractivity contribution in [2.24, 2.45) is 5.92 Å². The van der Waals surface area contributed by atoms with Gasteiger partial charge >= 0.3 is 226 Å². The molecule has 0 spiro atoms. The molecule has 3 rings (SSSR count). The zero-order valence-corrected chi connectivity index (χ0v) is 26.8. The molecule has 0 radical (unpaired) electrons. The SMILES string of the molecule is CCCC1=C(CCC)C(CCC)[C]([Zr]([NH]C(C)C)[SiH](c2ccccc2)c2ccccc2)=C1CCC. The predicted octanol–water partition coefficient (Wildman–Crippen LogP) is 7.44. The molecule has 1 aliphatic carbocycles. The maximum atomic E-state index is 4.39. The van der Waals surface area contributed by atoms with Gasteiger partial charge in [0.2, 0.25) is 0 Å². The van der Waals surface area contributed by atoms with E-state index in [2.05, 4.69) is 105 Å². The van der Waals surface area contributed by atoms with Gasteiger partial charge in [-0.05, 0) is 0 Å². The fourth-order valence-corrected chi connectivity index (χ4v) is 29.4. The van der Waals surface area contributed by atoms with Crippen LogP contribution in [0, 0.1) is 5.92 Å². The normalized spacial score (nSPS) is 16.2. The van der Waals surface area contributed by atoms with Crippen LogP contribution in [0.1, 0.15) is 92.9 Å². The van der Waals surface area contributed by atoms with Gasteiger partial charge in [0.15, 0.2) is 0 Å². The third-order valence-corrected chi connectivity index (χ3v) is 27.1. The molecule has 0 aromatic heterocycles. The number of allylic oxidation sites excluding steroid dienone is 4. The molecular weight excluding hydrogens is 518 g/mol. The van der Waals surface area contributed by atoms with Crippen LogP contribution < -0.4 is 13.6 Å². The Kier molecular flexibility index (Phi) is 12.0. The van der Waals surface area contributed by atoms with Crippen molar-refractivity contribution in [3.05, 3.63) is 80.7 Å². The van der Waals surface area contributed by atoms with Crippen molar-refractivity contribution in [2.45, 2.75) is 99.0 Å². The summed E-state index contributed by atoms with van der Waals surface area (Å²) in [6.07, 6.45) is 10.2. The molecule has 0 amide bonds. The maximum absolute atomic E-state index is 4.39. The van der Waals surface area contributed by atoms with E-state index in [4.69, 9.17) is 0 Å². The van der Waals surface area contributed by atoms with E-state index < -0.39 is 27.1 Å². The number of hydrogen-bond donors (Lipinski definition) is 1. The molecule has 1 nitrogen and oxygen atoms in total. The van der Waals surface area contributed by atoms with Crippen LogP contribution in [-0.2, 0) is 21.2 Å². The van der Waals surface area contributed by atoms with Crippen molar-refractivity contribution in [3.8, 4) is 0 Å². The summed E-state index contributed by atoms with van der Waals surface area (Å²) in [7, 11) is 0. The average Bonchev–Trinajstić information content (AvgIpc) is 3.13. The average molecular weight is 566 g/mol. The first kappa shape index (κ1) is 28.5. The van der Waals surface area contributed by atoms with Crippen LogP contribution in [0.4, 0.5) is 0 Å². The van der Waals surface area contributed by atoms with Crippen molar-refractivity contribution in [2.75, 3.05) is 0 Å². The van der Waals surface area contributed by atoms with E-state index in [1.165, 1.54) is 51.4 Å². The van der Waals surface area contributed by atoms with Crippen molar-refractivity contribution < 1.29 is 21.2 Å². The van der Waals surface area contributed by atoms with Gasteiger partial charge in [0, 0.05) is 0 Å². The van der Waals surface area contributed by atoms with Crippen LogP contribution in [0.3, 0.4) is 0 Å². The Hall–Kier alpha value is -1.02. The number of rotatable bonds is 14. The van der Waals surface area contributed by atoms with E-state index in [9.17, 15) is 0 Å². The Morgan fingerprint density at radius 1 is 0.714 bits per heavy atom. The Bertz CT molecular complexity index is 924. The Morgan fingerprint density at radius 3 is 1.69 bits per heavy atom. The molecule has 0 heterocycles. The van der Waals surface area contributed by atoms with Gasteiger partial charge in [-0.2, -0.15) is 0 Å². The molecule has 1 aliphatic rings. The van der Waals surface area contributed by atoms with Gasteiger partial charge in [-0.1, -0.05) is 0 Å².